The Kier molecular flexibility index (Phi) is 2.76. The zero-order valence-electron chi connectivity index (χ0n) is 9.52. The second-order valence-electron chi connectivity index (χ2n) is 4.90. The second-order valence-corrected chi connectivity index (χ2v) is 4.90. The normalized spacial score (nSPS) is 29.2. The summed E-state index contributed by atoms with van der Waals surface area (Å²) in [6, 6.07) is 2.58. The molecule has 5 nitrogen and oxygen atoms in total. The fourth-order valence-electron chi connectivity index (χ4n) is 2.90. The summed E-state index contributed by atoms with van der Waals surface area (Å²) in [5.41, 5.74) is -0.465. The van der Waals surface area contributed by atoms with Crippen LogP contribution in [0.5, 0.6) is 0 Å². The van der Waals surface area contributed by atoms with E-state index in [2.05, 4.69) is 11.0 Å². The topological polar surface area (TPSA) is 67.6 Å². The minimum atomic E-state index is -0.913. The number of hydrogen-bond acceptors (Lipinski definition) is 3. The largest absolute Gasteiger partial charge is 0.465 e. The molecule has 1 atom stereocenters. The molecule has 88 valence electrons. The zero-order valence-corrected chi connectivity index (χ0v) is 9.52. The van der Waals surface area contributed by atoms with Gasteiger partial charge in [-0.05, 0) is 26.4 Å². The molecule has 0 aromatic heterocycles. The Morgan fingerprint density at radius 3 is 2.69 bits per heavy atom. The molecule has 0 aromatic carbocycles. The minimum absolute atomic E-state index is 0.224. The van der Waals surface area contributed by atoms with Crippen LogP contribution in [0.4, 0.5) is 4.79 Å². The summed E-state index contributed by atoms with van der Waals surface area (Å²) < 4.78 is 0. The van der Waals surface area contributed by atoms with Crippen molar-refractivity contribution in [2.45, 2.75) is 25.3 Å². The van der Waals surface area contributed by atoms with Crippen molar-refractivity contribution in [2.24, 2.45) is 5.41 Å². The van der Waals surface area contributed by atoms with E-state index in [1.54, 1.807) is 0 Å². The molecule has 16 heavy (non-hydrogen) atoms. The van der Waals surface area contributed by atoms with Crippen molar-refractivity contribution in [3.63, 3.8) is 0 Å². The van der Waals surface area contributed by atoms with Gasteiger partial charge in [0.2, 0.25) is 0 Å². The lowest BCUT2D eigenvalue weighted by molar-refractivity contribution is -0.0243. The van der Waals surface area contributed by atoms with Crippen molar-refractivity contribution in [1.82, 2.24) is 9.80 Å². The number of nitrogens with zero attached hydrogens (tertiary/aromatic N) is 3. The van der Waals surface area contributed by atoms with E-state index in [1.165, 1.54) is 11.3 Å². The highest BCUT2D eigenvalue weighted by Crippen LogP contribution is 2.39. The fraction of sp³-hybridized carbons (Fsp3) is 0.818. The van der Waals surface area contributed by atoms with Gasteiger partial charge in [0.05, 0.1) is 6.07 Å². The highest BCUT2D eigenvalue weighted by atomic mass is 16.4. The summed E-state index contributed by atoms with van der Waals surface area (Å²) in [5, 5.41) is 18.1. The summed E-state index contributed by atoms with van der Waals surface area (Å²) in [6.07, 6.45) is 2.42. The molecular weight excluding hydrogens is 206 g/mol. The molecule has 2 aliphatic heterocycles. The first-order chi connectivity index (χ1) is 7.59. The van der Waals surface area contributed by atoms with E-state index in [0.717, 1.165) is 19.4 Å². The molecule has 0 radical (unpaired) electrons. The Morgan fingerprint density at radius 2 is 2.19 bits per heavy atom. The quantitative estimate of drug-likeness (QED) is 0.719. The number of rotatable bonds is 1. The SMILES string of the molecule is CN1CCCCC1C1(C#N)CN(C(=O)O)C1. The van der Waals surface area contributed by atoms with Crippen LogP contribution in [-0.2, 0) is 0 Å². The van der Waals surface area contributed by atoms with Gasteiger partial charge in [-0.25, -0.2) is 4.79 Å². The summed E-state index contributed by atoms with van der Waals surface area (Å²) in [5.74, 6) is 0. The van der Waals surface area contributed by atoms with E-state index in [4.69, 9.17) is 5.11 Å². The van der Waals surface area contributed by atoms with Gasteiger partial charge < -0.3 is 14.9 Å². The van der Waals surface area contributed by atoms with Crippen molar-refractivity contribution in [3.05, 3.63) is 0 Å². The van der Waals surface area contributed by atoms with E-state index in [1.807, 2.05) is 7.05 Å². The third kappa shape index (κ3) is 1.63. The second kappa shape index (κ2) is 3.95. The average Bonchev–Trinajstić information content (AvgIpc) is 2.19. The van der Waals surface area contributed by atoms with Crippen LogP contribution >= 0.6 is 0 Å². The van der Waals surface area contributed by atoms with Crippen molar-refractivity contribution in [2.75, 3.05) is 26.7 Å². The summed E-state index contributed by atoms with van der Waals surface area (Å²) >= 11 is 0. The average molecular weight is 223 g/mol. The van der Waals surface area contributed by atoms with Crippen LogP contribution < -0.4 is 0 Å². The molecule has 1 amide bonds. The number of carboxylic acid groups (broad SMARTS) is 1. The molecule has 5 heteroatoms. The molecule has 1 unspecified atom stereocenters. The Bertz CT molecular complexity index is 331. The Morgan fingerprint density at radius 1 is 1.50 bits per heavy atom. The van der Waals surface area contributed by atoms with Gasteiger partial charge in [-0.15, -0.1) is 0 Å². The van der Waals surface area contributed by atoms with E-state index in [9.17, 15) is 10.1 Å². The Hall–Kier alpha value is -1.28. The van der Waals surface area contributed by atoms with Crippen LogP contribution in [-0.4, -0.2) is 53.7 Å². The number of hydrogen-bond donors (Lipinski definition) is 1. The lowest BCUT2D eigenvalue weighted by atomic mass is 9.71. The van der Waals surface area contributed by atoms with Crippen LogP contribution in [0.2, 0.25) is 0 Å². The van der Waals surface area contributed by atoms with E-state index in [-0.39, 0.29) is 6.04 Å². The zero-order chi connectivity index (χ0) is 11.8. The Labute approximate surface area is 95.2 Å². The van der Waals surface area contributed by atoms with Crippen molar-refractivity contribution in [1.29, 1.82) is 5.26 Å². The molecule has 0 spiro atoms. The van der Waals surface area contributed by atoms with E-state index >= 15 is 0 Å². The predicted molar refractivity (Wildman–Crippen MR) is 57.9 cm³/mol. The lowest BCUT2D eigenvalue weighted by Gasteiger charge is -2.52. The summed E-state index contributed by atoms with van der Waals surface area (Å²) in [6.45, 7) is 1.75. The number of piperidine rings is 1. The molecule has 0 aliphatic carbocycles. The number of amides is 1. The monoisotopic (exact) mass is 223 g/mol. The first kappa shape index (κ1) is 11.2. The van der Waals surface area contributed by atoms with Crippen LogP contribution in [0.15, 0.2) is 0 Å². The number of likely N-dealkylation sites (tertiary alicyclic amines) is 2. The number of carbonyl (C=O) groups is 1. The van der Waals surface area contributed by atoms with Crippen LogP contribution in [0.1, 0.15) is 19.3 Å². The molecule has 2 rings (SSSR count). The summed E-state index contributed by atoms with van der Waals surface area (Å²) in [7, 11) is 2.03. The third-order valence-electron chi connectivity index (χ3n) is 3.85. The first-order valence-electron chi connectivity index (χ1n) is 5.68. The maximum atomic E-state index is 10.8. The molecule has 2 aliphatic rings. The van der Waals surface area contributed by atoms with Crippen molar-refractivity contribution < 1.29 is 9.90 Å². The maximum Gasteiger partial charge on any atom is 0.407 e. The fourth-order valence-corrected chi connectivity index (χ4v) is 2.90. The van der Waals surface area contributed by atoms with Gasteiger partial charge in [-0.2, -0.15) is 5.26 Å². The van der Waals surface area contributed by atoms with Crippen LogP contribution in [0.3, 0.4) is 0 Å². The molecule has 2 heterocycles. The lowest BCUT2D eigenvalue weighted by Crippen LogP contribution is -2.66. The molecule has 2 saturated heterocycles. The van der Waals surface area contributed by atoms with Crippen LogP contribution in [0.25, 0.3) is 0 Å². The van der Waals surface area contributed by atoms with Crippen molar-refractivity contribution >= 4 is 6.09 Å². The standard InChI is InChI=1S/C11H17N3O2/c1-13-5-3-2-4-9(13)11(6-12)7-14(8-11)10(15)16/h9H,2-5,7-8H2,1H3,(H,15,16). The maximum absolute atomic E-state index is 10.8. The van der Waals surface area contributed by atoms with Gasteiger partial charge >= 0.3 is 6.09 Å². The van der Waals surface area contributed by atoms with Gasteiger partial charge in [-0.1, -0.05) is 6.42 Å². The molecule has 0 bridgehead atoms. The van der Waals surface area contributed by atoms with Crippen LogP contribution in [0, 0.1) is 16.7 Å². The van der Waals surface area contributed by atoms with Crippen molar-refractivity contribution in [3.8, 4) is 6.07 Å². The van der Waals surface area contributed by atoms with Gasteiger partial charge in [0.1, 0.15) is 5.41 Å². The Balaban J connectivity index is 2.07. The predicted octanol–water partition coefficient (Wildman–Crippen LogP) is 0.974. The summed E-state index contributed by atoms with van der Waals surface area (Å²) in [4.78, 5) is 14.3. The molecule has 2 fully saturated rings. The smallest absolute Gasteiger partial charge is 0.407 e. The minimum Gasteiger partial charge on any atom is -0.465 e. The molecular formula is C11H17N3O2. The van der Waals surface area contributed by atoms with Gasteiger partial charge in [0.25, 0.3) is 0 Å². The van der Waals surface area contributed by atoms with Gasteiger partial charge in [0, 0.05) is 19.1 Å². The molecule has 1 N–H and O–H groups in total. The molecule has 0 aromatic rings. The van der Waals surface area contributed by atoms with E-state index in [0.29, 0.717) is 13.1 Å². The number of nitriles is 1. The van der Waals surface area contributed by atoms with Gasteiger partial charge in [-0.3, -0.25) is 0 Å². The first-order valence-corrected chi connectivity index (χ1v) is 5.68. The highest BCUT2D eigenvalue weighted by molar-refractivity contribution is 5.67. The van der Waals surface area contributed by atoms with Gasteiger partial charge in [0.15, 0.2) is 0 Å². The van der Waals surface area contributed by atoms with E-state index < -0.39 is 11.5 Å². The molecule has 0 saturated carbocycles. The third-order valence-corrected chi connectivity index (χ3v) is 3.85. The highest BCUT2D eigenvalue weighted by Gasteiger charge is 2.52.